The summed E-state index contributed by atoms with van der Waals surface area (Å²) in [7, 11) is -1.36. The molecule has 0 radical (unpaired) electrons. The third-order valence-corrected chi connectivity index (χ3v) is 17.1. The molecular weight excluding hydrogens is 1050 g/mol. The fourth-order valence-corrected chi connectivity index (χ4v) is 10.4. The Morgan fingerprint density at radius 2 is 0.709 bits per heavy atom. The van der Waals surface area contributed by atoms with Gasteiger partial charge in [0.1, 0.15) is 11.4 Å². The predicted molar refractivity (Wildman–Crippen MR) is 330 cm³/mol. The summed E-state index contributed by atoms with van der Waals surface area (Å²) in [5.41, 5.74) is 7.19. The van der Waals surface area contributed by atoms with Crippen molar-refractivity contribution in [3.63, 3.8) is 0 Å². The van der Waals surface area contributed by atoms with E-state index in [2.05, 4.69) is 177 Å². The maximum atomic E-state index is 6.31. The molecule has 0 aliphatic carbocycles. The quantitative estimate of drug-likeness (QED) is 0.152. The van der Waals surface area contributed by atoms with Gasteiger partial charge in [0.05, 0.1) is 56.0 Å². The van der Waals surface area contributed by atoms with E-state index in [4.69, 9.17) is 38.1 Å². The summed E-state index contributed by atoms with van der Waals surface area (Å²) in [5, 5.41) is 17.2. The van der Waals surface area contributed by atoms with Crippen molar-refractivity contribution in [3.8, 4) is 33.9 Å². The zero-order valence-electron chi connectivity index (χ0n) is 46.7. The van der Waals surface area contributed by atoms with Crippen molar-refractivity contribution in [2.24, 2.45) is 0 Å². The Balaban J connectivity index is 0.000000140. The van der Waals surface area contributed by atoms with E-state index in [1.54, 1.807) is 0 Å². The van der Waals surface area contributed by atoms with Crippen LogP contribution in [0, 0.1) is 0 Å². The van der Waals surface area contributed by atoms with Crippen LogP contribution in [-0.4, -0.2) is 74.3 Å². The highest BCUT2D eigenvalue weighted by Crippen LogP contribution is 2.44. The van der Waals surface area contributed by atoms with Gasteiger partial charge in [0.2, 0.25) is 0 Å². The van der Waals surface area contributed by atoms with E-state index < -0.39 is 21.1 Å². The molecule has 3 aliphatic rings. The van der Waals surface area contributed by atoms with E-state index in [0.717, 1.165) is 65.6 Å². The van der Waals surface area contributed by atoms with Crippen LogP contribution >= 0.6 is 15.9 Å². The summed E-state index contributed by atoms with van der Waals surface area (Å²) in [4.78, 5) is 0. The molecule has 79 heavy (non-hydrogen) atoms. The Labute approximate surface area is 475 Å². The van der Waals surface area contributed by atoms with Gasteiger partial charge in [-0.1, -0.05) is 145 Å². The van der Waals surface area contributed by atoms with Gasteiger partial charge >= 0.3 is 21.1 Å². The molecule has 2 aromatic heterocycles. The monoisotopic (exact) mass is 1110 g/mol. The van der Waals surface area contributed by atoms with Crippen molar-refractivity contribution in [2.75, 3.05) is 0 Å². The van der Waals surface area contributed by atoms with Gasteiger partial charge in [0.25, 0.3) is 0 Å². The van der Waals surface area contributed by atoms with E-state index in [-0.39, 0.29) is 41.0 Å². The van der Waals surface area contributed by atoms with Gasteiger partial charge in [-0.05, 0) is 171 Å². The first-order valence-electron chi connectivity index (χ1n) is 26.9. The normalized spacial score (nSPS) is 18.3. The average molecular weight is 1120 g/mol. The van der Waals surface area contributed by atoms with Gasteiger partial charge in [0.15, 0.2) is 0 Å². The van der Waals surface area contributed by atoms with E-state index in [0.29, 0.717) is 0 Å². The van der Waals surface area contributed by atoms with Crippen LogP contribution < -0.4 is 5.46 Å². The lowest BCUT2D eigenvalue weighted by molar-refractivity contribution is 0.00578. The van der Waals surface area contributed by atoms with Crippen LogP contribution in [-0.2, 0) is 27.9 Å². The first-order valence-corrected chi connectivity index (χ1v) is 27.7. The Kier molecular flexibility index (Phi) is 14.8. The number of hydrogen-bond acceptors (Lipinski definition) is 8. The molecule has 0 saturated carbocycles. The summed E-state index contributed by atoms with van der Waals surface area (Å²) < 4.78 is 41.6. The Morgan fingerprint density at radius 1 is 0.367 bits per heavy atom. The summed E-state index contributed by atoms with van der Waals surface area (Å²) in [6, 6.07) is 63.1. The highest BCUT2D eigenvalue weighted by molar-refractivity contribution is 9.10. The van der Waals surface area contributed by atoms with Crippen LogP contribution in [0.1, 0.15) is 90.5 Å². The van der Waals surface area contributed by atoms with Crippen molar-refractivity contribution in [2.45, 2.75) is 124 Å². The number of benzene rings is 8. The van der Waals surface area contributed by atoms with Crippen LogP contribution in [0.5, 0.6) is 0 Å². The average Bonchev–Trinajstić information content (AvgIpc) is 4.37. The van der Waals surface area contributed by atoms with Crippen LogP contribution in [0.25, 0.3) is 77.2 Å². The summed E-state index contributed by atoms with van der Waals surface area (Å²) >= 11 is 3.58. The maximum Gasteiger partial charge on any atom is 0.494 e. The molecule has 0 atom stereocenters. The van der Waals surface area contributed by atoms with Crippen LogP contribution in [0.3, 0.4) is 0 Å². The Morgan fingerprint density at radius 3 is 1.10 bits per heavy atom. The highest BCUT2D eigenvalue weighted by atomic mass is 79.9. The second kappa shape index (κ2) is 21.0. The fourth-order valence-electron chi connectivity index (χ4n) is 10.0. The fraction of sp³-hybridized carbons (Fsp3) is 0.292. The number of fused-ring (bicyclic) bond motifs is 4. The lowest BCUT2D eigenvalue weighted by Crippen LogP contribution is -2.41. The maximum absolute atomic E-state index is 6.31. The second-order valence-electron chi connectivity index (χ2n) is 23.6. The SMILES string of the molecule is Brc1cccc(-c2nn(-c3ccccc3)c3cc4ccccc4cc23)c1.C.CC1(C)OB(B2OC(C)(C)C(C)(C)O2)OC1(C)C.CC1(C)OB(c2cccc(-c3nn(-c4ccccc4)c4cc5ccccc5cc34)c2)OC1(C)C. The van der Waals surface area contributed by atoms with Gasteiger partial charge in [0, 0.05) is 26.4 Å². The number of nitrogens with zero attached hydrogens (tertiary/aromatic N) is 4. The third-order valence-electron chi connectivity index (χ3n) is 16.6. The zero-order chi connectivity index (χ0) is 55.0. The van der Waals surface area contributed by atoms with Crippen LogP contribution in [0.4, 0.5) is 0 Å². The molecule has 13 rings (SSSR count). The van der Waals surface area contributed by atoms with Crippen LogP contribution in [0.15, 0.2) is 186 Å². The topological polar surface area (TPSA) is 91.0 Å². The lowest BCUT2D eigenvalue weighted by atomic mass is 9.49. The van der Waals surface area contributed by atoms with Gasteiger partial charge in [-0.15, -0.1) is 0 Å². The van der Waals surface area contributed by atoms with E-state index in [9.17, 15) is 0 Å². The third kappa shape index (κ3) is 10.7. The molecular formula is C65H70B3BrN4O6. The Hall–Kier alpha value is -6.35. The molecule has 3 saturated heterocycles. The van der Waals surface area contributed by atoms with Crippen molar-refractivity contribution in [1.82, 2.24) is 19.6 Å². The second-order valence-corrected chi connectivity index (χ2v) is 24.5. The highest BCUT2D eigenvalue weighted by Gasteiger charge is 2.63. The summed E-state index contributed by atoms with van der Waals surface area (Å²) in [5.74, 6) is 0. The standard InChI is InChI=1S/C29H27BN2O2.C23H15BrN2.C12H24B2O4.CH4/c1-28(2)29(3,4)34-30(33-28)23-14-10-13-22(17-23)27-25-18-20-11-8-9-12-21(20)19-26(25)32(31-27)24-15-6-5-7-16-24;24-19-10-6-9-18(13-19)23-21-14-16-7-4-5-8-17(16)15-22(21)26(25-23)20-11-2-1-3-12-20;1-9(2)10(3,4)16-13(15-9)14-17-11(5,6)12(7,8)18-14;/h5-19H,1-4H3;1-15H;1-8H3;1H4. The van der Waals surface area contributed by atoms with E-state index in [1.807, 2.05) is 113 Å². The molecule has 14 heteroatoms. The van der Waals surface area contributed by atoms with Gasteiger partial charge in [-0.3, -0.25) is 0 Å². The molecule has 3 aliphatic heterocycles. The Bertz CT molecular complexity index is 3760. The minimum absolute atomic E-state index is 0. The molecule has 10 aromatic rings. The molecule has 10 nitrogen and oxygen atoms in total. The smallest absolute Gasteiger partial charge is 0.405 e. The van der Waals surface area contributed by atoms with Crippen molar-refractivity contribution >= 4 is 85.9 Å². The van der Waals surface area contributed by atoms with Crippen molar-refractivity contribution < 1.29 is 27.9 Å². The number of aromatic nitrogens is 4. The molecule has 0 bridgehead atoms. The molecule has 0 amide bonds. The van der Waals surface area contributed by atoms with Gasteiger partial charge < -0.3 is 27.9 Å². The number of para-hydroxylation sites is 2. The largest absolute Gasteiger partial charge is 0.494 e. The minimum Gasteiger partial charge on any atom is -0.405 e. The van der Waals surface area contributed by atoms with Gasteiger partial charge in [-0.25, -0.2) is 9.36 Å². The molecule has 3 fully saturated rings. The van der Waals surface area contributed by atoms with E-state index >= 15 is 0 Å². The summed E-state index contributed by atoms with van der Waals surface area (Å²) in [6.07, 6.45) is 0. The summed E-state index contributed by atoms with van der Waals surface area (Å²) in [6.45, 7) is 24.5. The molecule has 0 N–H and O–H groups in total. The molecule has 5 heterocycles. The van der Waals surface area contributed by atoms with Crippen molar-refractivity contribution in [3.05, 3.63) is 186 Å². The van der Waals surface area contributed by atoms with Crippen molar-refractivity contribution in [1.29, 1.82) is 0 Å². The first-order chi connectivity index (χ1) is 37.0. The van der Waals surface area contributed by atoms with Gasteiger partial charge in [-0.2, -0.15) is 10.2 Å². The minimum atomic E-state index is -0.476. The molecule has 402 valence electrons. The number of halogens is 1. The molecule has 8 aromatic carbocycles. The lowest BCUT2D eigenvalue weighted by Gasteiger charge is -2.32. The predicted octanol–water partition coefficient (Wildman–Crippen LogP) is 15.6. The molecule has 0 unspecified atom stereocenters. The number of rotatable bonds is 6. The zero-order valence-corrected chi connectivity index (χ0v) is 48.3. The molecule has 0 spiro atoms. The van der Waals surface area contributed by atoms with E-state index in [1.165, 1.54) is 21.5 Å². The first kappa shape index (κ1) is 55.9. The number of hydrogen-bond donors (Lipinski definition) is 0. The van der Waals surface area contributed by atoms with Crippen LogP contribution in [0.2, 0.25) is 0 Å².